The van der Waals surface area contributed by atoms with E-state index in [1.54, 1.807) is 25.3 Å². The van der Waals surface area contributed by atoms with Crippen molar-refractivity contribution in [3.63, 3.8) is 0 Å². The van der Waals surface area contributed by atoms with Gasteiger partial charge in [0.2, 0.25) is 5.91 Å². The number of carbonyl (C=O) groups is 2. The highest BCUT2D eigenvalue weighted by Gasteiger charge is 2.28. The number of esters is 1. The number of rotatable bonds is 11. The lowest BCUT2D eigenvalue weighted by Crippen LogP contribution is -2.24. The number of amides is 1. The number of aromatic nitrogens is 1. The van der Waals surface area contributed by atoms with Crippen molar-refractivity contribution < 1.29 is 33.6 Å². The van der Waals surface area contributed by atoms with E-state index in [1.807, 2.05) is 24.3 Å². The maximum Gasteiger partial charge on any atom is 0.343 e. The number of nitrogens with one attached hydrogen (secondary N) is 1. The molecule has 0 radical (unpaired) electrons. The minimum absolute atomic E-state index is 0.188. The van der Waals surface area contributed by atoms with Crippen LogP contribution in [0.25, 0.3) is 0 Å². The molecule has 0 aliphatic carbocycles. The molecule has 0 unspecified atom stereocenters. The summed E-state index contributed by atoms with van der Waals surface area (Å²) in [6.45, 7) is 0.369. The van der Waals surface area contributed by atoms with Gasteiger partial charge >= 0.3 is 5.97 Å². The molecule has 0 fully saturated rings. The lowest BCUT2D eigenvalue weighted by molar-refractivity contribution is -0.118. The summed E-state index contributed by atoms with van der Waals surface area (Å²) in [5.74, 6) is -1.52. The third-order valence-electron chi connectivity index (χ3n) is 5.66. The molecular formula is C26H28N2O8. The number of aromatic amines is 1. The average molecular weight is 497 g/mol. The molecule has 1 heterocycles. The summed E-state index contributed by atoms with van der Waals surface area (Å²) in [4.78, 5) is 38.9. The molecule has 0 aliphatic heterocycles. The van der Waals surface area contributed by atoms with E-state index in [-0.39, 0.29) is 17.5 Å². The fourth-order valence-electron chi connectivity index (χ4n) is 3.80. The number of pyridine rings is 1. The van der Waals surface area contributed by atoms with Gasteiger partial charge in [0.05, 0.1) is 33.5 Å². The Morgan fingerprint density at radius 1 is 1.03 bits per heavy atom. The zero-order valence-electron chi connectivity index (χ0n) is 20.2. The quantitative estimate of drug-likeness (QED) is 0.343. The Hall–Kier alpha value is -4.47. The van der Waals surface area contributed by atoms with Gasteiger partial charge in [-0.1, -0.05) is 18.2 Å². The SMILES string of the molecule is COC(=O)c1c[nH]c(=O)c([C@H](CC(N)=O)c2ccc(OCCc3ccc(OC)cc3)c(OC)c2)c1O. The van der Waals surface area contributed by atoms with Gasteiger partial charge in [0.1, 0.15) is 17.1 Å². The molecule has 3 rings (SSSR count). The Kier molecular flexibility index (Phi) is 8.56. The summed E-state index contributed by atoms with van der Waals surface area (Å²) >= 11 is 0. The van der Waals surface area contributed by atoms with Crippen molar-refractivity contribution in [2.75, 3.05) is 27.9 Å². The Morgan fingerprint density at radius 2 is 1.75 bits per heavy atom. The van der Waals surface area contributed by atoms with Gasteiger partial charge in [-0.25, -0.2) is 4.79 Å². The molecule has 0 saturated carbocycles. The summed E-state index contributed by atoms with van der Waals surface area (Å²) < 4.78 is 21.2. The Morgan fingerprint density at radius 3 is 2.36 bits per heavy atom. The summed E-state index contributed by atoms with van der Waals surface area (Å²) in [5.41, 5.74) is 5.85. The van der Waals surface area contributed by atoms with Gasteiger partial charge in [-0.15, -0.1) is 0 Å². The normalized spacial score (nSPS) is 11.4. The minimum Gasteiger partial charge on any atom is -0.506 e. The van der Waals surface area contributed by atoms with Gasteiger partial charge in [0.25, 0.3) is 5.56 Å². The zero-order valence-corrected chi connectivity index (χ0v) is 20.2. The van der Waals surface area contributed by atoms with Crippen LogP contribution < -0.4 is 25.5 Å². The fourth-order valence-corrected chi connectivity index (χ4v) is 3.80. The largest absolute Gasteiger partial charge is 0.506 e. The molecule has 0 aliphatic rings. The number of primary amides is 1. The number of ether oxygens (including phenoxy) is 4. The first-order chi connectivity index (χ1) is 17.3. The van der Waals surface area contributed by atoms with Crippen LogP contribution in [0.1, 0.15) is 39.4 Å². The van der Waals surface area contributed by atoms with Crippen molar-refractivity contribution >= 4 is 11.9 Å². The molecule has 4 N–H and O–H groups in total. The van der Waals surface area contributed by atoms with Gasteiger partial charge < -0.3 is 34.8 Å². The first-order valence-corrected chi connectivity index (χ1v) is 11.0. The van der Waals surface area contributed by atoms with E-state index in [0.717, 1.165) is 24.6 Å². The smallest absolute Gasteiger partial charge is 0.343 e. The van der Waals surface area contributed by atoms with Crippen LogP contribution in [-0.4, -0.2) is 49.9 Å². The van der Waals surface area contributed by atoms with E-state index >= 15 is 0 Å². The Labute approximate surface area is 207 Å². The minimum atomic E-state index is -0.960. The summed E-state index contributed by atoms with van der Waals surface area (Å²) in [5, 5.41) is 10.7. The van der Waals surface area contributed by atoms with Crippen LogP contribution in [-0.2, 0) is 16.0 Å². The fraction of sp³-hybridized carbons (Fsp3) is 0.269. The second kappa shape index (κ2) is 11.8. The van der Waals surface area contributed by atoms with Crippen LogP contribution in [0.5, 0.6) is 23.0 Å². The third-order valence-corrected chi connectivity index (χ3v) is 5.66. The second-order valence-electron chi connectivity index (χ2n) is 7.87. The molecule has 10 nitrogen and oxygen atoms in total. The lowest BCUT2D eigenvalue weighted by Gasteiger charge is -2.20. The van der Waals surface area contributed by atoms with E-state index in [0.29, 0.717) is 30.1 Å². The topological polar surface area (TPSA) is 150 Å². The molecule has 2 aromatic carbocycles. The highest BCUT2D eigenvalue weighted by molar-refractivity contribution is 5.92. The molecule has 0 spiro atoms. The van der Waals surface area contributed by atoms with E-state index in [2.05, 4.69) is 9.72 Å². The van der Waals surface area contributed by atoms with E-state index in [1.165, 1.54) is 7.11 Å². The van der Waals surface area contributed by atoms with E-state index in [9.17, 15) is 19.5 Å². The lowest BCUT2D eigenvalue weighted by atomic mass is 9.87. The molecule has 3 aromatic rings. The van der Waals surface area contributed by atoms with Crippen molar-refractivity contribution in [2.45, 2.75) is 18.8 Å². The summed E-state index contributed by atoms with van der Waals surface area (Å²) in [6.07, 6.45) is 1.39. The van der Waals surface area contributed by atoms with Crippen LogP contribution in [0.4, 0.5) is 0 Å². The molecule has 36 heavy (non-hydrogen) atoms. The highest BCUT2D eigenvalue weighted by atomic mass is 16.5. The van der Waals surface area contributed by atoms with Gasteiger partial charge in [0.15, 0.2) is 11.5 Å². The van der Waals surface area contributed by atoms with Gasteiger partial charge in [0, 0.05) is 25.0 Å². The van der Waals surface area contributed by atoms with Crippen molar-refractivity contribution in [3.8, 4) is 23.0 Å². The molecule has 0 bridgehead atoms. The van der Waals surface area contributed by atoms with E-state index < -0.39 is 29.1 Å². The molecule has 1 aromatic heterocycles. The third kappa shape index (κ3) is 5.96. The first kappa shape index (κ1) is 26.1. The van der Waals surface area contributed by atoms with Crippen LogP contribution in [0.2, 0.25) is 0 Å². The van der Waals surface area contributed by atoms with E-state index in [4.69, 9.17) is 19.9 Å². The maximum absolute atomic E-state index is 12.7. The molecule has 0 saturated heterocycles. The predicted molar refractivity (Wildman–Crippen MR) is 131 cm³/mol. The monoisotopic (exact) mass is 496 g/mol. The molecule has 1 atom stereocenters. The molecule has 10 heteroatoms. The van der Waals surface area contributed by atoms with Crippen LogP contribution in [0.3, 0.4) is 0 Å². The van der Waals surface area contributed by atoms with Crippen molar-refractivity contribution in [3.05, 3.63) is 81.3 Å². The van der Waals surface area contributed by atoms with Gasteiger partial charge in [-0.2, -0.15) is 0 Å². The highest BCUT2D eigenvalue weighted by Crippen LogP contribution is 2.37. The van der Waals surface area contributed by atoms with Crippen molar-refractivity contribution in [1.82, 2.24) is 4.98 Å². The number of nitrogens with two attached hydrogens (primary N) is 1. The number of H-pyrrole nitrogens is 1. The number of hydrogen-bond acceptors (Lipinski definition) is 8. The summed E-state index contributed by atoms with van der Waals surface area (Å²) in [6, 6.07) is 12.5. The number of aromatic hydroxyl groups is 1. The standard InChI is InChI=1S/C26H28N2O8/c1-33-17-7-4-15(5-8-17)10-11-36-20-9-6-16(12-21(20)34-2)18(13-22(27)29)23-24(30)19(26(32)35-3)14-28-25(23)31/h4-9,12,14,18H,10-11,13H2,1-3H3,(H2,27,29)(H2,28,30,31)/t18-/m1/s1. The van der Waals surface area contributed by atoms with Crippen LogP contribution in [0, 0.1) is 0 Å². The zero-order chi connectivity index (χ0) is 26.2. The Balaban J connectivity index is 1.90. The molecule has 1 amide bonds. The van der Waals surface area contributed by atoms with Crippen molar-refractivity contribution in [1.29, 1.82) is 0 Å². The average Bonchev–Trinajstić information content (AvgIpc) is 2.88. The van der Waals surface area contributed by atoms with Crippen LogP contribution in [0.15, 0.2) is 53.5 Å². The summed E-state index contributed by atoms with van der Waals surface area (Å²) in [7, 11) is 4.21. The van der Waals surface area contributed by atoms with Gasteiger partial charge in [-0.3, -0.25) is 9.59 Å². The van der Waals surface area contributed by atoms with Crippen molar-refractivity contribution in [2.24, 2.45) is 5.73 Å². The number of methoxy groups -OCH3 is 3. The number of hydrogen-bond donors (Lipinski definition) is 3. The maximum atomic E-state index is 12.7. The molecule has 190 valence electrons. The van der Waals surface area contributed by atoms with Gasteiger partial charge in [-0.05, 0) is 35.4 Å². The second-order valence-corrected chi connectivity index (χ2v) is 7.87. The number of benzene rings is 2. The molecular weight excluding hydrogens is 468 g/mol. The Bertz CT molecular complexity index is 1280. The van der Waals surface area contributed by atoms with Crippen LogP contribution >= 0.6 is 0 Å². The number of carbonyl (C=O) groups excluding carboxylic acids is 2. The first-order valence-electron chi connectivity index (χ1n) is 11.0. The predicted octanol–water partition coefficient (Wildman–Crippen LogP) is 2.51.